The maximum atomic E-state index is 12.1. The molecule has 3 N–H and O–H groups in total. The van der Waals surface area contributed by atoms with Gasteiger partial charge in [0.15, 0.2) is 0 Å². The molecule has 5 nitrogen and oxygen atoms in total. The molecule has 8 heteroatoms. The first-order valence-corrected chi connectivity index (χ1v) is 12.1. The molecular weight excluding hydrogens is 493 g/mol. The number of fused-ring (bicyclic) bond motifs is 3. The van der Waals surface area contributed by atoms with Crippen LogP contribution in [0.3, 0.4) is 0 Å². The van der Waals surface area contributed by atoms with Crippen LogP contribution in [0.5, 0.6) is 0 Å². The summed E-state index contributed by atoms with van der Waals surface area (Å²) in [6.45, 7) is 6.55. The smallest absolute Gasteiger partial charge is 0.407 e. The summed E-state index contributed by atoms with van der Waals surface area (Å²) >= 11 is 18.5. The average molecular weight is 519 g/mol. The van der Waals surface area contributed by atoms with Crippen LogP contribution in [0.2, 0.25) is 15.1 Å². The number of carbonyl (C=O) groups is 1. The van der Waals surface area contributed by atoms with Gasteiger partial charge in [0, 0.05) is 45.6 Å². The third kappa shape index (κ3) is 5.90. The van der Waals surface area contributed by atoms with Crippen LogP contribution in [0, 0.1) is 0 Å². The molecule has 1 heterocycles. The second-order valence-corrected chi connectivity index (χ2v) is 10.4. The minimum atomic E-state index is -0.539. The minimum Gasteiger partial charge on any atom is -0.444 e. The van der Waals surface area contributed by atoms with Crippen LogP contribution in [0.25, 0.3) is 21.8 Å². The van der Waals surface area contributed by atoms with Crippen LogP contribution >= 0.6 is 34.8 Å². The number of halogens is 3. The Morgan fingerprint density at radius 1 is 0.971 bits per heavy atom. The van der Waals surface area contributed by atoms with Crippen molar-refractivity contribution < 1.29 is 9.53 Å². The van der Waals surface area contributed by atoms with Crippen LogP contribution in [0.15, 0.2) is 48.5 Å². The molecule has 0 spiro atoms. The standard InChI is InChI=1S/C26H26Cl3N3O2/c1-26(2,3)34-25(33)30-9-8-16-11-18(31-14-15-4-6-21(28)22(29)10-15)13-20-19-12-17(27)5-7-23(19)32-24(16)20/h4-7,10-13,31-32H,8-9,14H2,1-3H3,(H,30,33). The fourth-order valence-electron chi connectivity index (χ4n) is 3.81. The van der Waals surface area contributed by atoms with Crippen LogP contribution in [-0.2, 0) is 17.7 Å². The lowest BCUT2D eigenvalue weighted by Crippen LogP contribution is -2.33. The number of nitrogens with one attached hydrogen (secondary N) is 3. The Balaban J connectivity index is 1.61. The Bertz CT molecular complexity index is 1360. The summed E-state index contributed by atoms with van der Waals surface area (Å²) in [6.07, 6.45) is 0.194. The number of carbonyl (C=O) groups excluding carboxylic acids is 1. The highest BCUT2D eigenvalue weighted by Crippen LogP contribution is 2.33. The molecule has 0 fully saturated rings. The summed E-state index contributed by atoms with van der Waals surface area (Å²) in [5, 5.41) is 10.2. The van der Waals surface area contributed by atoms with E-state index in [4.69, 9.17) is 39.5 Å². The maximum absolute atomic E-state index is 12.1. The zero-order chi connectivity index (χ0) is 24.5. The lowest BCUT2D eigenvalue weighted by atomic mass is 10.0. The number of benzene rings is 3. The number of aromatic amines is 1. The fourth-order valence-corrected chi connectivity index (χ4v) is 4.30. The van der Waals surface area contributed by atoms with Gasteiger partial charge in [-0.3, -0.25) is 0 Å². The van der Waals surface area contributed by atoms with Crippen molar-refractivity contribution in [2.24, 2.45) is 0 Å². The van der Waals surface area contributed by atoms with E-state index in [2.05, 4.69) is 27.8 Å². The lowest BCUT2D eigenvalue weighted by Gasteiger charge is -2.19. The maximum Gasteiger partial charge on any atom is 0.407 e. The van der Waals surface area contributed by atoms with Crippen molar-refractivity contribution in [2.75, 3.05) is 11.9 Å². The Kier molecular flexibility index (Phi) is 7.17. The first-order chi connectivity index (χ1) is 16.1. The van der Waals surface area contributed by atoms with Gasteiger partial charge in [-0.25, -0.2) is 4.79 Å². The molecule has 4 rings (SSSR count). The van der Waals surface area contributed by atoms with E-state index in [-0.39, 0.29) is 0 Å². The van der Waals surface area contributed by atoms with E-state index in [0.717, 1.165) is 38.6 Å². The molecule has 0 unspecified atom stereocenters. The summed E-state index contributed by atoms with van der Waals surface area (Å²) in [7, 11) is 0. The van der Waals surface area contributed by atoms with E-state index in [1.54, 1.807) is 6.07 Å². The first kappa shape index (κ1) is 24.5. The minimum absolute atomic E-state index is 0.430. The number of anilines is 1. The van der Waals surface area contributed by atoms with Gasteiger partial charge in [0.2, 0.25) is 0 Å². The van der Waals surface area contributed by atoms with Gasteiger partial charge in [-0.1, -0.05) is 40.9 Å². The predicted molar refractivity (Wildman–Crippen MR) is 143 cm³/mol. The molecular formula is C26H26Cl3N3O2. The van der Waals surface area contributed by atoms with Crippen LogP contribution in [0.4, 0.5) is 10.5 Å². The second-order valence-electron chi connectivity index (χ2n) is 9.15. The van der Waals surface area contributed by atoms with E-state index in [1.807, 2.05) is 51.1 Å². The molecule has 178 valence electrons. The predicted octanol–water partition coefficient (Wildman–Crippen LogP) is 7.96. The van der Waals surface area contributed by atoms with Crippen molar-refractivity contribution in [2.45, 2.75) is 39.3 Å². The quantitative estimate of drug-likeness (QED) is 0.242. The highest BCUT2D eigenvalue weighted by molar-refractivity contribution is 6.42. The Labute approximate surface area is 213 Å². The van der Waals surface area contributed by atoms with E-state index in [1.165, 1.54) is 0 Å². The number of amides is 1. The summed E-state index contributed by atoms with van der Waals surface area (Å²) in [5.41, 5.74) is 4.52. The van der Waals surface area contributed by atoms with E-state index >= 15 is 0 Å². The second kappa shape index (κ2) is 9.95. The van der Waals surface area contributed by atoms with E-state index in [0.29, 0.717) is 34.6 Å². The van der Waals surface area contributed by atoms with Crippen molar-refractivity contribution in [1.29, 1.82) is 0 Å². The molecule has 0 bridgehead atoms. The molecule has 0 aliphatic carbocycles. The van der Waals surface area contributed by atoms with Gasteiger partial charge in [-0.05, 0) is 80.8 Å². The number of rotatable bonds is 6. The van der Waals surface area contributed by atoms with E-state index < -0.39 is 11.7 Å². The molecule has 4 aromatic rings. The first-order valence-electron chi connectivity index (χ1n) is 11.0. The van der Waals surface area contributed by atoms with Gasteiger partial charge >= 0.3 is 6.09 Å². The fraction of sp³-hybridized carbons (Fsp3) is 0.269. The summed E-state index contributed by atoms with van der Waals surface area (Å²) in [6, 6.07) is 15.6. The molecule has 0 saturated carbocycles. The Hall–Kier alpha value is -2.60. The van der Waals surface area contributed by atoms with Gasteiger partial charge < -0.3 is 20.4 Å². The largest absolute Gasteiger partial charge is 0.444 e. The molecule has 1 aromatic heterocycles. The molecule has 0 atom stereocenters. The van der Waals surface area contributed by atoms with Crippen molar-refractivity contribution in [3.05, 3.63) is 74.7 Å². The number of hydrogen-bond acceptors (Lipinski definition) is 3. The van der Waals surface area contributed by atoms with Crippen LogP contribution in [0.1, 0.15) is 31.9 Å². The van der Waals surface area contributed by atoms with Gasteiger partial charge in [0.05, 0.1) is 10.0 Å². The molecule has 0 aliphatic rings. The topological polar surface area (TPSA) is 66.2 Å². The normalized spacial score (nSPS) is 11.7. The van der Waals surface area contributed by atoms with Crippen LogP contribution in [-0.4, -0.2) is 23.2 Å². The average Bonchev–Trinajstić information content (AvgIpc) is 3.11. The molecule has 0 saturated heterocycles. The third-order valence-electron chi connectivity index (χ3n) is 5.29. The highest BCUT2D eigenvalue weighted by atomic mass is 35.5. The number of hydrogen-bond donors (Lipinski definition) is 3. The number of alkyl carbamates (subject to hydrolysis) is 1. The van der Waals surface area contributed by atoms with Gasteiger partial charge in [-0.15, -0.1) is 0 Å². The van der Waals surface area contributed by atoms with E-state index in [9.17, 15) is 4.79 Å². The van der Waals surface area contributed by atoms with Gasteiger partial charge in [0.1, 0.15) is 5.60 Å². The third-order valence-corrected chi connectivity index (χ3v) is 6.27. The SMILES string of the molecule is CC(C)(C)OC(=O)NCCc1cc(NCc2ccc(Cl)c(Cl)c2)cc2c1[nH]c1ccc(Cl)cc12. The van der Waals surface area contributed by atoms with Crippen molar-refractivity contribution in [3.63, 3.8) is 0 Å². The van der Waals surface area contributed by atoms with Gasteiger partial charge in [-0.2, -0.15) is 0 Å². The lowest BCUT2D eigenvalue weighted by molar-refractivity contribution is 0.0528. The molecule has 34 heavy (non-hydrogen) atoms. The number of ether oxygens (including phenoxy) is 1. The zero-order valence-electron chi connectivity index (χ0n) is 19.2. The summed E-state index contributed by atoms with van der Waals surface area (Å²) < 4.78 is 5.35. The molecule has 0 radical (unpaired) electrons. The monoisotopic (exact) mass is 517 g/mol. The summed E-state index contributed by atoms with van der Waals surface area (Å²) in [5.74, 6) is 0. The highest BCUT2D eigenvalue weighted by Gasteiger charge is 2.16. The van der Waals surface area contributed by atoms with Gasteiger partial charge in [0.25, 0.3) is 0 Å². The zero-order valence-corrected chi connectivity index (χ0v) is 21.5. The van der Waals surface area contributed by atoms with Crippen molar-refractivity contribution in [3.8, 4) is 0 Å². The Morgan fingerprint density at radius 2 is 1.76 bits per heavy atom. The summed E-state index contributed by atoms with van der Waals surface area (Å²) in [4.78, 5) is 15.6. The van der Waals surface area contributed by atoms with Crippen molar-refractivity contribution in [1.82, 2.24) is 10.3 Å². The van der Waals surface area contributed by atoms with Crippen molar-refractivity contribution >= 4 is 68.4 Å². The molecule has 3 aromatic carbocycles. The number of H-pyrrole nitrogens is 1. The molecule has 0 aliphatic heterocycles. The Morgan fingerprint density at radius 3 is 2.50 bits per heavy atom. The molecule has 1 amide bonds. The number of aromatic nitrogens is 1. The van der Waals surface area contributed by atoms with Crippen LogP contribution < -0.4 is 10.6 Å².